The van der Waals surface area contributed by atoms with Crippen molar-refractivity contribution in [3.8, 4) is 5.88 Å². The molecule has 2 rings (SSSR count). The zero-order chi connectivity index (χ0) is 14.6. The van der Waals surface area contributed by atoms with Crippen molar-refractivity contribution < 1.29 is 9.47 Å². The number of hydrogen-bond donors (Lipinski definition) is 1. The number of nitrogens with zero attached hydrogens (tertiary/aromatic N) is 2. The molecule has 0 spiro atoms. The average molecular weight is 279 g/mol. The van der Waals surface area contributed by atoms with E-state index in [9.17, 15) is 0 Å². The SMILES string of the molecule is CCOC1(C(N)c2nccnc2OC)CCCC(C)C1. The monoisotopic (exact) mass is 279 g/mol. The van der Waals surface area contributed by atoms with Crippen LogP contribution in [0.25, 0.3) is 0 Å². The highest BCUT2D eigenvalue weighted by Gasteiger charge is 2.43. The molecule has 0 saturated heterocycles. The minimum absolute atomic E-state index is 0.311. The number of aromatic nitrogens is 2. The topological polar surface area (TPSA) is 70.3 Å². The van der Waals surface area contributed by atoms with Gasteiger partial charge in [-0.25, -0.2) is 4.98 Å². The largest absolute Gasteiger partial charge is 0.480 e. The van der Waals surface area contributed by atoms with E-state index in [-0.39, 0.29) is 11.6 Å². The Hall–Kier alpha value is -1.20. The quantitative estimate of drug-likeness (QED) is 0.896. The highest BCUT2D eigenvalue weighted by molar-refractivity contribution is 5.24. The van der Waals surface area contributed by atoms with Crippen molar-refractivity contribution in [3.05, 3.63) is 18.1 Å². The number of hydrogen-bond acceptors (Lipinski definition) is 5. The molecular weight excluding hydrogens is 254 g/mol. The number of ether oxygens (including phenoxy) is 2. The maximum absolute atomic E-state index is 6.52. The predicted molar refractivity (Wildman–Crippen MR) is 77.5 cm³/mol. The first-order chi connectivity index (χ1) is 9.63. The van der Waals surface area contributed by atoms with E-state index in [1.165, 1.54) is 6.42 Å². The lowest BCUT2D eigenvalue weighted by atomic mass is 9.74. The van der Waals surface area contributed by atoms with Crippen molar-refractivity contribution in [1.82, 2.24) is 9.97 Å². The first-order valence-corrected chi connectivity index (χ1v) is 7.37. The van der Waals surface area contributed by atoms with E-state index in [0.29, 0.717) is 24.1 Å². The molecule has 1 aromatic heterocycles. The molecule has 1 saturated carbocycles. The van der Waals surface area contributed by atoms with Gasteiger partial charge in [-0.05, 0) is 25.7 Å². The van der Waals surface area contributed by atoms with Crippen LogP contribution in [0.5, 0.6) is 5.88 Å². The van der Waals surface area contributed by atoms with Crippen molar-refractivity contribution >= 4 is 0 Å². The summed E-state index contributed by atoms with van der Waals surface area (Å²) in [5.41, 5.74) is 6.86. The van der Waals surface area contributed by atoms with Crippen molar-refractivity contribution in [2.45, 2.75) is 51.2 Å². The van der Waals surface area contributed by atoms with Crippen LogP contribution in [0.1, 0.15) is 51.3 Å². The Kier molecular flexibility index (Phi) is 4.94. The van der Waals surface area contributed by atoms with Crippen molar-refractivity contribution in [1.29, 1.82) is 0 Å². The molecule has 20 heavy (non-hydrogen) atoms. The molecule has 1 aromatic rings. The van der Waals surface area contributed by atoms with Crippen LogP contribution in [0.3, 0.4) is 0 Å². The molecule has 3 atom stereocenters. The van der Waals surface area contributed by atoms with Gasteiger partial charge < -0.3 is 15.2 Å². The highest BCUT2D eigenvalue weighted by atomic mass is 16.5. The fourth-order valence-electron chi connectivity index (χ4n) is 3.29. The Bertz CT molecular complexity index is 437. The second-order valence-electron chi connectivity index (χ2n) is 5.63. The first-order valence-electron chi connectivity index (χ1n) is 7.37. The second kappa shape index (κ2) is 6.50. The molecule has 2 N–H and O–H groups in total. The molecule has 1 aliphatic carbocycles. The third kappa shape index (κ3) is 2.94. The van der Waals surface area contributed by atoms with Gasteiger partial charge in [0.2, 0.25) is 5.88 Å². The Labute approximate surface area is 120 Å². The van der Waals surface area contributed by atoms with Gasteiger partial charge in [-0.2, -0.15) is 0 Å². The molecular formula is C15H25N3O2. The van der Waals surface area contributed by atoms with Gasteiger partial charge in [0.1, 0.15) is 5.69 Å². The molecule has 1 fully saturated rings. The lowest BCUT2D eigenvalue weighted by molar-refractivity contribution is -0.0950. The van der Waals surface area contributed by atoms with Crippen LogP contribution in [-0.4, -0.2) is 29.3 Å². The lowest BCUT2D eigenvalue weighted by Crippen LogP contribution is -2.47. The van der Waals surface area contributed by atoms with Crippen molar-refractivity contribution in [2.75, 3.05) is 13.7 Å². The Morgan fingerprint density at radius 2 is 2.20 bits per heavy atom. The molecule has 3 unspecified atom stereocenters. The first kappa shape index (κ1) is 15.2. The Morgan fingerprint density at radius 3 is 2.85 bits per heavy atom. The van der Waals surface area contributed by atoms with E-state index in [0.717, 1.165) is 19.3 Å². The van der Waals surface area contributed by atoms with Crippen LogP contribution >= 0.6 is 0 Å². The molecule has 0 amide bonds. The van der Waals surface area contributed by atoms with Crippen molar-refractivity contribution in [2.24, 2.45) is 11.7 Å². The maximum atomic E-state index is 6.52. The van der Waals surface area contributed by atoms with Gasteiger partial charge in [0.05, 0.1) is 18.8 Å². The molecule has 5 nitrogen and oxygen atoms in total. The summed E-state index contributed by atoms with van der Waals surface area (Å²) in [5.74, 6) is 1.11. The fraction of sp³-hybridized carbons (Fsp3) is 0.733. The van der Waals surface area contributed by atoms with Crippen LogP contribution in [0, 0.1) is 5.92 Å². The molecule has 0 aliphatic heterocycles. The summed E-state index contributed by atoms with van der Waals surface area (Å²) in [6.45, 7) is 4.93. The van der Waals surface area contributed by atoms with Gasteiger partial charge >= 0.3 is 0 Å². The van der Waals surface area contributed by atoms with Crippen LogP contribution < -0.4 is 10.5 Å². The van der Waals surface area contributed by atoms with Crippen LogP contribution in [-0.2, 0) is 4.74 Å². The molecule has 0 bridgehead atoms. The summed E-state index contributed by atoms with van der Waals surface area (Å²) in [6, 6.07) is -0.311. The minimum Gasteiger partial charge on any atom is -0.480 e. The summed E-state index contributed by atoms with van der Waals surface area (Å²) in [6.07, 6.45) is 7.57. The van der Waals surface area contributed by atoms with E-state index in [1.807, 2.05) is 6.92 Å². The molecule has 5 heteroatoms. The second-order valence-corrected chi connectivity index (χ2v) is 5.63. The summed E-state index contributed by atoms with van der Waals surface area (Å²) < 4.78 is 11.4. The standard InChI is InChI=1S/C15H25N3O2/c1-4-20-15(7-5-6-11(2)10-15)13(16)12-14(19-3)18-9-8-17-12/h8-9,11,13H,4-7,10,16H2,1-3H3. The minimum atomic E-state index is -0.351. The summed E-state index contributed by atoms with van der Waals surface area (Å²) >= 11 is 0. The van der Waals surface area contributed by atoms with Gasteiger partial charge in [-0.15, -0.1) is 0 Å². The Morgan fingerprint density at radius 1 is 1.45 bits per heavy atom. The number of methoxy groups -OCH3 is 1. The highest BCUT2D eigenvalue weighted by Crippen LogP contribution is 2.43. The Balaban J connectivity index is 2.33. The molecule has 0 aromatic carbocycles. The van der Waals surface area contributed by atoms with E-state index >= 15 is 0 Å². The lowest BCUT2D eigenvalue weighted by Gasteiger charge is -2.43. The summed E-state index contributed by atoms with van der Waals surface area (Å²) in [4.78, 5) is 8.59. The third-order valence-electron chi connectivity index (χ3n) is 4.17. The van der Waals surface area contributed by atoms with Gasteiger partial charge in [0.15, 0.2) is 0 Å². The van der Waals surface area contributed by atoms with Crippen molar-refractivity contribution in [3.63, 3.8) is 0 Å². The van der Waals surface area contributed by atoms with Gasteiger partial charge in [-0.3, -0.25) is 4.98 Å². The van der Waals surface area contributed by atoms with Gasteiger partial charge in [-0.1, -0.05) is 19.8 Å². The van der Waals surface area contributed by atoms with Gasteiger partial charge in [0, 0.05) is 19.0 Å². The normalized spacial score (nSPS) is 28.1. The van der Waals surface area contributed by atoms with Crippen LogP contribution in [0.2, 0.25) is 0 Å². The van der Waals surface area contributed by atoms with E-state index in [2.05, 4.69) is 16.9 Å². The van der Waals surface area contributed by atoms with E-state index in [1.54, 1.807) is 19.5 Å². The predicted octanol–water partition coefficient (Wildman–Crippen LogP) is 2.47. The smallest absolute Gasteiger partial charge is 0.237 e. The zero-order valence-corrected chi connectivity index (χ0v) is 12.6. The van der Waals surface area contributed by atoms with E-state index < -0.39 is 0 Å². The molecule has 112 valence electrons. The zero-order valence-electron chi connectivity index (χ0n) is 12.6. The average Bonchev–Trinajstić information content (AvgIpc) is 2.46. The molecule has 0 radical (unpaired) electrons. The van der Waals surface area contributed by atoms with E-state index in [4.69, 9.17) is 15.2 Å². The maximum Gasteiger partial charge on any atom is 0.237 e. The number of rotatable bonds is 5. The van der Waals surface area contributed by atoms with Crippen LogP contribution in [0.4, 0.5) is 0 Å². The third-order valence-corrected chi connectivity index (χ3v) is 4.17. The summed E-state index contributed by atoms with van der Waals surface area (Å²) in [7, 11) is 1.59. The molecule has 1 heterocycles. The van der Waals surface area contributed by atoms with Gasteiger partial charge in [0.25, 0.3) is 0 Å². The fourth-order valence-corrected chi connectivity index (χ4v) is 3.29. The molecule has 1 aliphatic rings. The number of nitrogens with two attached hydrogens (primary N) is 1. The van der Waals surface area contributed by atoms with Crippen LogP contribution in [0.15, 0.2) is 12.4 Å². The summed E-state index contributed by atoms with van der Waals surface area (Å²) in [5, 5.41) is 0.